The number of aromatic nitrogens is 2. The molecule has 1 saturated heterocycles. The van der Waals surface area contributed by atoms with Crippen molar-refractivity contribution >= 4 is 40.6 Å². The Bertz CT molecular complexity index is 1480. The van der Waals surface area contributed by atoms with Crippen LogP contribution in [0.4, 0.5) is 14.6 Å². The number of piperazine rings is 1. The standard InChI is InChI=1S/C21H23F2N5.2C4H4O4/c22-17-2-1-15-13-27(14-16(15)11-17)6-5-26-7-9-28(10-8-26)21-19-4-3-18(23)12-20(19)24-25-21;2*5-3(6)1-2-4(7)8/h1-4,11-12H,5-10,13-14H2,(H,24,25);2*1-2H,(H,5,6)(H,7,8)/b;2*2-1-. The molecule has 0 bridgehead atoms. The number of carboxylic acid groups (broad SMARTS) is 4. The Hall–Kier alpha value is -5.15. The minimum atomic E-state index is -1.26. The van der Waals surface area contributed by atoms with Crippen LogP contribution in [0.2, 0.25) is 0 Å². The Kier molecular flexibility index (Phi) is 12.1. The summed E-state index contributed by atoms with van der Waals surface area (Å²) in [6.45, 7) is 7.51. The summed E-state index contributed by atoms with van der Waals surface area (Å²) in [5.41, 5.74) is 3.10. The second-order valence-electron chi connectivity index (χ2n) is 9.71. The van der Waals surface area contributed by atoms with Crippen molar-refractivity contribution in [3.8, 4) is 0 Å². The van der Waals surface area contributed by atoms with Crippen molar-refractivity contribution in [2.24, 2.45) is 0 Å². The maximum absolute atomic E-state index is 13.4. The second kappa shape index (κ2) is 15.9. The minimum absolute atomic E-state index is 0.148. The number of carbonyl (C=O) groups is 4. The number of hydrogen-bond acceptors (Lipinski definition) is 8. The molecular formula is C29H31F2N5O8. The van der Waals surface area contributed by atoms with E-state index in [1.807, 2.05) is 6.07 Å². The molecule has 0 spiro atoms. The Balaban J connectivity index is 0.000000275. The van der Waals surface area contributed by atoms with Gasteiger partial charge in [0.2, 0.25) is 0 Å². The first-order chi connectivity index (χ1) is 20.9. The molecule has 5 rings (SSSR count). The van der Waals surface area contributed by atoms with Gasteiger partial charge in [0.05, 0.1) is 5.52 Å². The zero-order valence-corrected chi connectivity index (χ0v) is 23.4. The summed E-state index contributed by atoms with van der Waals surface area (Å²) in [4.78, 5) is 45.3. The van der Waals surface area contributed by atoms with Gasteiger partial charge in [-0.3, -0.25) is 14.9 Å². The number of nitrogens with zero attached hydrogens (tertiary/aromatic N) is 4. The molecule has 2 aromatic carbocycles. The van der Waals surface area contributed by atoms with Crippen LogP contribution in [-0.4, -0.2) is 104 Å². The number of aliphatic carboxylic acids is 4. The van der Waals surface area contributed by atoms with E-state index in [0.717, 1.165) is 74.6 Å². The van der Waals surface area contributed by atoms with Crippen LogP contribution in [-0.2, 0) is 32.3 Å². The molecule has 15 heteroatoms. The lowest BCUT2D eigenvalue weighted by atomic mass is 10.1. The van der Waals surface area contributed by atoms with Gasteiger partial charge in [0.15, 0.2) is 5.82 Å². The molecule has 1 fully saturated rings. The number of aromatic amines is 1. The van der Waals surface area contributed by atoms with Gasteiger partial charge in [0, 0.05) is 82.0 Å². The van der Waals surface area contributed by atoms with Crippen molar-refractivity contribution in [1.82, 2.24) is 20.0 Å². The van der Waals surface area contributed by atoms with Gasteiger partial charge in [-0.25, -0.2) is 28.0 Å². The van der Waals surface area contributed by atoms with Crippen molar-refractivity contribution in [3.63, 3.8) is 0 Å². The van der Waals surface area contributed by atoms with Gasteiger partial charge < -0.3 is 25.3 Å². The molecule has 1 aromatic heterocycles. The van der Waals surface area contributed by atoms with E-state index in [1.165, 1.54) is 17.7 Å². The predicted molar refractivity (Wildman–Crippen MR) is 154 cm³/mol. The van der Waals surface area contributed by atoms with Crippen molar-refractivity contribution in [3.05, 3.63) is 83.5 Å². The van der Waals surface area contributed by atoms with Crippen LogP contribution in [0, 0.1) is 11.6 Å². The summed E-state index contributed by atoms with van der Waals surface area (Å²) in [6, 6.07) is 9.88. The van der Waals surface area contributed by atoms with Gasteiger partial charge in [-0.15, -0.1) is 0 Å². The third kappa shape index (κ3) is 10.6. The van der Waals surface area contributed by atoms with E-state index < -0.39 is 23.9 Å². The van der Waals surface area contributed by atoms with Gasteiger partial charge >= 0.3 is 23.9 Å². The fourth-order valence-electron chi connectivity index (χ4n) is 4.56. The quantitative estimate of drug-likeness (QED) is 0.233. The van der Waals surface area contributed by atoms with Gasteiger partial charge in [-0.05, 0) is 41.5 Å². The zero-order chi connectivity index (χ0) is 32.2. The van der Waals surface area contributed by atoms with Crippen LogP contribution in [0.15, 0.2) is 60.7 Å². The molecule has 0 saturated carbocycles. The first-order valence-corrected chi connectivity index (χ1v) is 13.3. The molecule has 0 unspecified atom stereocenters. The maximum atomic E-state index is 13.4. The number of rotatable bonds is 8. The smallest absolute Gasteiger partial charge is 0.328 e. The third-order valence-electron chi connectivity index (χ3n) is 6.60. The molecule has 3 aromatic rings. The summed E-state index contributed by atoms with van der Waals surface area (Å²) in [6.07, 6.45) is 2.23. The van der Waals surface area contributed by atoms with Crippen molar-refractivity contribution in [2.45, 2.75) is 13.1 Å². The summed E-state index contributed by atoms with van der Waals surface area (Å²) >= 11 is 0. The molecule has 44 heavy (non-hydrogen) atoms. The largest absolute Gasteiger partial charge is 0.478 e. The number of fused-ring (bicyclic) bond motifs is 2. The third-order valence-corrected chi connectivity index (χ3v) is 6.60. The van der Waals surface area contributed by atoms with E-state index in [1.54, 1.807) is 18.2 Å². The molecule has 2 aliphatic rings. The number of halogens is 2. The molecule has 3 heterocycles. The highest BCUT2D eigenvalue weighted by molar-refractivity contribution is 5.91. The Morgan fingerprint density at radius 3 is 1.77 bits per heavy atom. The van der Waals surface area contributed by atoms with Gasteiger partial charge in [-0.2, -0.15) is 5.10 Å². The molecule has 0 amide bonds. The molecule has 13 nitrogen and oxygen atoms in total. The first-order valence-electron chi connectivity index (χ1n) is 13.3. The highest BCUT2D eigenvalue weighted by Gasteiger charge is 2.23. The topological polar surface area (TPSA) is 188 Å². The van der Waals surface area contributed by atoms with E-state index in [-0.39, 0.29) is 11.6 Å². The highest BCUT2D eigenvalue weighted by atomic mass is 19.1. The maximum Gasteiger partial charge on any atom is 0.328 e. The van der Waals surface area contributed by atoms with E-state index in [0.29, 0.717) is 24.3 Å². The van der Waals surface area contributed by atoms with Crippen molar-refractivity contribution < 1.29 is 48.4 Å². The SMILES string of the molecule is Fc1ccc2c(c1)CN(CCN1CCN(c3n[nH]c4cc(F)ccc34)CC1)C2.O=C(O)/C=C\C(=O)O.O=C(O)/C=C\C(=O)O. The lowest BCUT2D eigenvalue weighted by molar-refractivity contribution is -0.134. The first kappa shape index (κ1) is 33.4. The van der Waals surface area contributed by atoms with Crippen molar-refractivity contribution in [1.29, 1.82) is 0 Å². The van der Waals surface area contributed by atoms with Crippen LogP contribution in [0.25, 0.3) is 10.9 Å². The Morgan fingerprint density at radius 1 is 0.705 bits per heavy atom. The van der Waals surface area contributed by atoms with Crippen molar-refractivity contribution in [2.75, 3.05) is 44.2 Å². The molecule has 5 N–H and O–H groups in total. The summed E-state index contributed by atoms with van der Waals surface area (Å²) in [5, 5.41) is 39.6. The van der Waals surface area contributed by atoms with Crippen LogP contribution in [0.1, 0.15) is 11.1 Å². The van der Waals surface area contributed by atoms with Crippen LogP contribution in [0.5, 0.6) is 0 Å². The Labute approximate surface area is 249 Å². The van der Waals surface area contributed by atoms with E-state index in [2.05, 4.69) is 24.9 Å². The van der Waals surface area contributed by atoms with Crippen LogP contribution in [0.3, 0.4) is 0 Å². The molecule has 0 radical (unpaired) electrons. The van der Waals surface area contributed by atoms with E-state index in [9.17, 15) is 28.0 Å². The summed E-state index contributed by atoms with van der Waals surface area (Å²) < 4.78 is 26.7. The van der Waals surface area contributed by atoms with Crippen LogP contribution >= 0.6 is 0 Å². The highest BCUT2D eigenvalue weighted by Crippen LogP contribution is 2.26. The monoisotopic (exact) mass is 615 g/mol. The van der Waals surface area contributed by atoms with Gasteiger partial charge in [0.1, 0.15) is 11.6 Å². The molecular weight excluding hydrogens is 584 g/mol. The lowest BCUT2D eigenvalue weighted by Gasteiger charge is -2.35. The predicted octanol–water partition coefficient (Wildman–Crippen LogP) is 2.40. The second-order valence-corrected chi connectivity index (χ2v) is 9.71. The number of anilines is 1. The zero-order valence-electron chi connectivity index (χ0n) is 23.4. The van der Waals surface area contributed by atoms with E-state index in [4.69, 9.17) is 20.4 Å². The van der Waals surface area contributed by atoms with Crippen LogP contribution < -0.4 is 4.90 Å². The fraction of sp³-hybridized carbons (Fsp3) is 0.276. The minimum Gasteiger partial charge on any atom is -0.478 e. The summed E-state index contributed by atoms with van der Waals surface area (Å²) in [5.74, 6) is -4.52. The molecule has 234 valence electrons. The Morgan fingerprint density at radius 2 is 1.20 bits per heavy atom. The van der Waals surface area contributed by atoms with Gasteiger partial charge in [0.25, 0.3) is 0 Å². The normalized spacial score (nSPS) is 15.0. The fourth-order valence-corrected chi connectivity index (χ4v) is 4.56. The molecule has 2 aliphatic heterocycles. The number of benzene rings is 2. The van der Waals surface area contributed by atoms with Gasteiger partial charge in [-0.1, -0.05) is 6.07 Å². The number of hydrogen-bond donors (Lipinski definition) is 5. The number of carboxylic acids is 4. The summed E-state index contributed by atoms with van der Waals surface area (Å²) in [7, 11) is 0. The van der Waals surface area contributed by atoms with E-state index >= 15 is 0 Å². The number of nitrogens with one attached hydrogen (secondary N) is 1. The number of H-pyrrole nitrogens is 1. The molecule has 0 atom stereocenters. The average Bonchev–Trinajstić information content (AvgIpc) is 3.58. The molecule has 0 aliphatic carbocycles. The average molecular weight is 616 g/mol. The lowest BCUT2D eigenvalue weighted by Crippen LogP contribution is -2.48.